The number of nitrogens with two attached hydrogens (primary N) is 1. The van der Waals surface area contributed by atoms with E-state index in [0.29, 0.717) is 18.2 Å². The highest BCUT2D eigenvalue weighted by Crippen LogP contribution is 2.23. The van der Waals surface area contributed by atoms with Crippen molar-refractivity contribution >= 4 is 11.6 Å². The molecule has 2 N–H and O–H groups in total. The van der Waals surface area contributed by atoms with E-state index in [1.54, 1.807) is 6.07 Å². The molecule has 0 saturated carbocycles. The molecule has 1 fully saturated rings. The van der Waals surface area contributed by atoms with Crippen LogP contribution in [0.5, 0.6) is 0 Å². The quantitative estimate of drug-likeness (QED) is 0.805. The second kappa shape index (κ2) is 4.79. The first-order valence-corrected chi connectivity index (χ1v) is 5.50. The molecule has 1 aliphatic rings. The van der Waals surface area contributed by atoms with E-state index in [1.807, 2.05) is 6.07 Å². The van der Waals surface area contributed by atoms with Gasteiger partial charge in [-0.1, -0.05) is 0 Å². The van der Waals surface area contributed by atoms with Gasteiger partial charge in [0.15, 0.2) is 5.82 Å². The standard InChI is InChI=1S/C11H15N5/c12-6-3-9-4-7-16(8-5-9)11-2-1-10(13)14-15-11/h1-2,9H,3-5,7-8H2,(H2,13,14). The van der Waals surface area contributed by atoms with Crippen LogP contribution in [0.2, 0.25) is 0 Å². The average molecular weight is 217 g/mol. The number of nitriles is 1. The first-order valence-electron chi connectivity index (χ1n) is 5.50. The Morgan fingerprint density at radius 3 is 2.69 bits per heavy atom. The number of hydrogen-bond acceptors (Lipinski definition) is 5. The summed E-state index contributed by atoms with van der Waals surface area (Å²) in [5.41, 5.74) is 5.49. The minimum atomic E-state index is 0.447. The number of nitrogens with zero attached hydrogens (tertiary/aromatic N) is 4. The van der Waals surface area contributed by atoms with Crippen LogP contribution in [0, 0.1) is 17.2 Å². The van der Waals surface area contributed by atoms with Gasteiger partial charge in [-0.2, -0.15) is 5.26 Å². The van der Waals surface area contributed by atoms with Crippen LogP contribution in [0.25, 0.3) is 0 Å². The molecule has 1 aromatic rings. The normalized spacial score (nSPS) is 17.1. The van der Waals surface area contributed by atoms with E-state index < -0.39 is 0 Å². The third-order valence-corrected chi connectivity index (χ3v) is 2.99. The summed E-state index contributed by atoms with van der Waals surface area (Å²) in [4.78, 5) is 2.19. The third-order valence-electron chi connectivity index (χ3n) is 2.99. The lowest BCUT2D eigenvalue weighted by atomic mass is 9.94. The average Bonchev–Trinajstić information content (AvgIpc) is 2.32. The molecule has 84 valence electrons. The Morgan fingerprint density at radius 1 is 1.38 bits per heavy atom. The van der Waals surface area contributed by atoms with E-state index in [2.05, 4.69) is 21.2 Å². The van der Waals surface area contributed by atoms with Gasteiger partial charge in [-0.15, -0.1) is 10.2 Å². The van der Waals surface area contributed by atoms with Crippen LogP contribution in [0.4, 0.5) is 11.6 Å². The molecule has 0 aromatic carbocycles. The first-order chi connectivity index (χ1) is 7.79. The summed E-state index contributed by atoms with van der Waals surface area (Å²) >= 11 is 0. The highest BCUT2D eigenvalue weighted by Gasteiger charge is 2.19. The highest BCUT2D eigenvalue weighted by atomic mass is 15.3. The van der Waals surface area contributed by atoms with Crippen molar-refractivity contribution in [2.75, 3.05) is 23.7 Å². The summed E-state index contributed by atoms with van der Waals surface area (Å²) < 4.78 is 0. The molecule has 0 amide bonds. The van der Waals surface area contributed by atoms with Crippen molar-refractivity contribution in [2.24, 2.45) is 5.92 Å². The van der Waals surface area contributed by atoms with Crippen molar-refractivity contribution in [3.63, 3.8) is 0 Å². The van der Waals surface area contributed by atoms with Crippen LogP contribution < -0.4 is 10.6 Å². The van der Waals surface area contributed by atoms with Gasteiger partial charge in [0, 0.05) is 19.5 Å². The van der Waals surface area contributed by atoms with E-state index in [9.17, 15) is 0 Å². The molecule has 0 atom stereocenters. The van der Waals surface area contributed by atoms with Crippen molar-refractivity contribution < 1.29 is 0 Å². The van der Waals surface area contributed by atoms with E-state index in [-0.39, 0.29) is 0 Å². The Morgan fingerprint density at radius 2 is 2.12 bits per heavy atom. The van der Waals surface area contributed by atoms with Crippen molar-refractivity contribution in [3.8, 4) is 6.07 Å². The summed E-state index contributed by atoms with van der Waals surface area (Å²) in [6.45, 7) is 1.90. The van der Waals surface area contributed by atoms with Gasteiger partial charge in [0.1, 0.15) is 5.82 Å². The Balaban J connectivity index is 1.94. The van der Waals surface area contributed by atoms with Crippen LogP contribution in [0.15, 0.2) is 12.1 Å². The zero-order valence-corrected chi connectivity index (χ0v) is 9.13. The molecule has 1 aromatic heterocycles. The van der Waals surface area contributed by atoms with Crippen LogP contribution >= 0.6 is 0 Å². The maximum Gasteiger partial charge on any atom is 0.151 e. The van der Waals surface area contributed by atoms with Crippen LogP contribution in [-0.4, -0.2) is 23.3 Å². The van der Waals surface area contributed by atoms with Crippen LogP contribution in [0.1, 0.15) is 19.3 Å². The number of rotatable bonds is 2. The maximum absolute atomic E-state index is 8.63. The molecular weight excluding hydrogens is 202 g/mol. The fourth-order valence-electron chi connectivity index (χ4n) is 2.00. The highest BCUT2D eigenvalue weighted by molar-refractivity contribution is 5.41. The molecule has 1 saturated heterocycles. The zero-order valence-electron chi connectivity index (χ0n) is 9.13. The molecule has 0 aliphatic carbocycles. The van der Waals surface area contributed by atoms with Crippen LogP contribution in [-0.2, 0) is 0 Å². The van der Waals surface area contributed by atoms with Crippen molar-refractivity contribution in [1.82, 2.24) is 10.2 Å². The Kier molecular flexibility index (Phi) is 3.20. The van der Waals surface area contributed by atoms with Gasteiger partial charge >= 0.3 is 0 Å². The molecule has 1 aliphatic heterocycles. The van der Waals surface area contributed by atoms with Gasteiger partial charge in [0.2, 0.25) is 0 Å². The Bertz CT molecular complexity index is 372. The molecule has 2 rings (SSSR count). The summed E-state index contributed by atoms with van der Waals surface area (Å²) in [6.07, 6.45) is 2.78. The van der Waals surface area contributed by atoms with Crippen LogP contribution in [0.3, 0.4) is 0 Å². The first kappa shape index (κ1) is 10.7. The van der Waals surface area contributed by atoms with Gasteiger partial charge < -0.3 is 10.6 Å². The fourth-order valence-corrected chi connectivity index (χ4v) is 2.00. The minimum Gasteiger partial charge on any atom is -0.382 e. The lowest BCUT2D eigenvalue weighted by molar-refractivity contribution is 0.410. The van der Waals surface area contributed by atoms with E-state index in [1.165, 1.54) is 0 Å². The molecule has 0 radical (unpaired) electrons. The lowest BCUT2D eigenvalue weighted by Gasteiger charge is -2.31. The summed E-state index contributed by atoms with van der Waals surface area (Å²) in [5, 5.41) is 16.5. The van der Waals surface area contributed by atoms with Gasteiger partial charge in [0.05, 0.1) is 6.07 Å². The second-order valence-corrected chi connectivity index (χ2v) is 4.11. The minimum absolute atomic E-state index is 0.447. The van der Waals surface area contributed by atoms with Gasteiger partial charge in [0.25, 0.3) is 0 Å². The predicted molar refractivity (Wildman–Crippen MR) is 61.6 cm³/mol. The smallest absolute Gasteiger partial charge is 0.151 e. The molecule has 5 heteroatoms. The number of nitrogen functional groups attached to an aromatic ring is 1. The summed E-state index contributed by atoms with van der Waals surface area (Å²) in [6, 6.07) is 5.90. The largest absolute Gasteiger partial charge is 0.382 e. The van der Waals surface area contributed by atoms with E-state index in [0.717, 1.165) is 31.7 Å². The predicted octanol–water partition coefficient (Wildman–Crippen LogP) is 1.19. The molecule has 0 unspecified atom stereocenters. The summed E-state index contributed by atoms with van der Waals surface area (Å²) in [5.74, 6) is 1.87. The number of piperidine rings is 1. The lowest BCUT2D eigenvalue weighted by Crippen LogP contribution is -2.34. The van der Waals surface area contributed by atoms with Crippen molar-refractivity contribution in [1.29, 1.82) is 5.26 Å². The van der Waals surface area contributed by atoms with Gasteiger partial charge in [-0.3, -0.25) is 0 Å². The molecule has 2 heterocycles. The van der Waals surface area contributed by atoms with Gasteiger partial charge in [-0.05, 0) is 30.9 Å². The zero-order chi connectivity index (χ0) is 11.4. The van der Waals surface area contributed by atoms with E-state index in [4.69, 9.17) is 11.0 Å². The number of aromatic nitrogens is 2. The fraction of sp³-hybridized carbons (Fsp3) is 0.545. The molecular formula is C11H15N5. The number of hydrogen-bond donors (Lipinski definition) is 1. The molecule has 0 bridgehead atoms. The van der Waals surface area contributed by atoms with Crippen molar-refractivity contribution in [3.05, 3.63) is 12.1 Å². The third kappa shape index (κ3) is 2.40. The monoisotopic (exact) mass is 217 g/mol. The van der Waals surface area contributed by atoms with Gasteiger partial charge in [-0.25, -0.2) is 0 Å². The molecule has 16 heavy (non-hydrogen) atoms. The number of anilines is 2. The Hall–Kier alpha value is -1.83. The molecule has 0 spiro atoms. The van der Waals surface area contributed by atoms with Crippen molar-refractivity contribution in [2.45, 2.75) is 19.3 Å². The second-order valence-electron chi connectivity index (χ2n) is 4.11. The maximum atomic E-state index is 8.63. The molecule has 5 nitrogen and oxygen atoms in total. The summed E-state index contributed by atoms with van der Waals surface area (Å²) in [7, 11) is 0. The Labute approximate surface area is 94.9 Å². The SMILES string of the molecule is N#CCC1CCN(c2ccc(N)nn2)CC1. The topological polar surface area (TPSA) is 78.8 Å². The van der Waals surface area contributed by atoms with E-state index >= 15 is 0 Å².